The molecule has 46 valence electrons. The van der Waals surface area contributed by atoms with E-state index in [1.807, 2.05) is 0 Å². The Morgan fingerprint density at radius 1 is 1.00 bits per heavy atom. The van der Waals surface area contributed by atoms with Crippen LogP contribution in [0.4, 0.5) is 0 Å². The van der Waals surface area contributed by atoms with Crippen molar-refractivity contribution in [1.29, 1.82) is 0 Å². The molecule has 0 heterocycles. The van der Waals surface area contributed by atoms with Crippen LogP contribution in [0.1, 0.15) is 0 Å². The van der Waals surface area contributed by atoms with Crippen LogP contribution in [-0.4, -0.2) is 57.6 Å². The molecule has 0 aromatic rings. The van der Waals surface area contributed by atoms with Crippen LogP contribution in [0.15, 0.2) is 0 Å². The van der Waals surface area contributed by atoms with Gasteiger partial charge in [0.15, 0.2) is 0 Å². The Morgan fingerprint density at radius 3 is 1.30 bits per heavy atom. The van der Waals surface area contributed by atoms with Crippen molar-refractivity contribution in [3.8, 4) is 0 Å². The average Bonchev–Trinajstić information content (AvgIpc) is 1.84. The zero-order valence-corrected chi connectivity index (χ0v) is 5.87. The molecule has 0 aliphatic heterocycles. The summed E-state index contributed by atoms with van der Waals surface area (Å²) in [5.41, 5.74) is 0. The van der Waals surface area contributed by atoms with Crippen LogP contribution in [0, 0.1) is 0 Å². The predicted molar refractivity (Wildman–Crippen MR) is 34.3 cm³/mol. The second-order valence-corrected chi connectivity index (χ2v) is 2.25. The molecule has 0 bridgehead atoms. The summed E-state index contributed by atoms with van der Waals surface area (Å²) >= 11 is 2.75. The first-order valence-electron chi connectivity index (χ1n) is 2.92. The van der Waals surface area contributed by atoms with Crippen molar-refractivity contribution in [2.45, 2.75) is 9.18 Å². The van der Waals surface area contributed by atoms with Crippen molar-refractivity contribution in [3.63, 3.8) is 0 Å². The third-order valence-electron chi connectivity index (χ3n) is 1.53. The Labute approximate surface area is 76.4 Å². The van der Waals surface area contributed by atoms with E-state index in [9.17, 15) is 9.59 Å². The molecule has 0 aromatic carbocycles. The van der Waals surface area contributed by atoms with E-state index in [1.54, 1.807) is 0 Å². The summed E-state index contributed by atoms with van der Waals surface area (Å²) in [6, 6.07) is 0. The molecular formula is C4H4Li2O4. The monoisotopic (exact) mass is 130 g/mol. The van der Waals surface area contributed by atoms with Crippen molar-refractivity contribution in [2.75, 3.05) is 0 Å². The van der Waals surface area contributed by atoms with Crippen molar-refractivity contribution in [2.24, 2.45) is 0 Å². The molecular weight excluding hydrogens is 126 g/mol. The summed E-state index contributed by atoms with van der Waals surface area (Å²) in [5, 5.41) is 16.7. The molecule has 0 aromatic heterocycles. The van der Waals surface area contributed by atoms with Gasteiger partial charge in [-0.25, -0.2) is 0 Å². The molecule has 10 heavy (non-hydrogen) atoms. The van der Waals surface area contributed by atoms with E-state index in [0.29, 0.717) is 0 Å². The first-order chi connectivity index (χ1) is 4.46. The fraction of sp³-hybridized carbons (Fsp3) is 0.500. The minimum atomic E-state index is -1.07. The van der Waals surface area contributed by atoms with Gasteiger partial charge in [0, 0.05) is 0 Å². The second-order valence-electron chi connectivity index (χ2n) is 2.25. The summed E-state index contributed by atoms with van der Waals surface area (Å²) in [7, 11) is 0. The van der Waals surface area contributed by atoms with Crippen LogP contribution in [0.2, 0.25) is 9.18 Å². The molecule has 0 radical (unpaired) electrons. The first kappa shape index (κ1) is 10.1. The van der Waals surface area contributed by atoms with E-state index in [-0.39, 0.29) is 0 Å². The van der Waals surface area contributed by atoms with E-state index in [4.69, 9.17) is 10.2 Å². The van der Waals surface area contributed by atoms with E-state index in [0.717, 1.165) is 0 Å². The molecule has 0 aliphatic rings. The molecule has 0 aliphatic carbocycles. The first-order valence-corrected chi connectivity index (χ1v) is 2.92. The summed E-state index contributed by atoms with van der Waals surface area (Å²) in [6.45, 7) is 0. The van der Waals surface area contributed by atoms with Crippen LogP contribution in [0.5, 0.6) is 0 Å². The maximum atomic E-state index is 10.2. The van der Waals surface area contributed by atoms with Crippen LogP contribution >= 0.6 is 0 Å². The van der Waals surface area contributed by atoms with Gasteiger partial charge in [0.2, 0.25) is 0 Å². The third kappa shape index (κ3) is 2.81. The Balaban J connectivity index is 4.07. The van der Waals surface area contributed by atoms with Gasteiger partial charge in [-0.1, -0.05) is 0 Å². The van der Waals surface area contributed by atoms with Crippen LogP contribution in [0.25, 0.3) is 0 Å². The molecule has 2 atom stereocenters. The molecule has 2 N–H and O–H groups in total. The number of hydrogen-bond acceptors (Lipinski definition) is 2. The molecule has 0 saturated heterocycles. The number of hydrogen-bond donors (Lipinski definition) is 2. The molecule has 0 fully saturated rings. The summed E-state index contributed by atoms with van der Waals surface area (Å²) in [4.78, 5) is 20.4. The Bertz CT molecular complexity index is 139. The number of carboxylic acid groups (broad SMARTS) is 2. The van der Waals surface area contributed by atoms with Crippen molar-refractivity contribution in [1.82, 2.24) is 0 Å². The Kier molecular flexibility index (Phi) is 4.16. The van der Waals surface area contributed by atoms with Crippen LogP contribution in [0.3, 0.4) is 0 Å². The van der Waals surface area contributed by atoms with Gasteiger partial charge in [-0.3, -0.25) is 0 Å². The van der Waals surface area contributed by atoms with Gasteiger partial charge in [-0.2, -0.15) is 0 Å². The molecule has 0 amide bonds. The van der Waals surface area contributed by atoms with Gasteiger partial charge in [-0.05, 0) is 0 Å². The van der Waals surface area contributed by atoms with Crippen LogP contribution < -0.4 is 0 Å². The number of carboxylic acids is 2. The van der Waals surface area contributed by atoms with Gasteiger partial charge in [0.25, 0.3) is 0 Å². The zero-order valence-electron chi connectivity index (χ0n) is 5.87. The summed E-state index contributed by atoms with van der Waals surface area (Å²) < 4.78 is -1.64. The fourth-order valence-electron chi connectivity index (χ4n) is 0.428. The zero-order chi connectivity index (χ0) is 8.31. The van der Waals surface area contributed by atoms with Gasteiger partial charge in [0.1, 0.15) is 0 Å². The third-order valence-corrected chi connectivity index (χ3v) is 1.53. The maximum absolute atomic E-state index is 10.2. The molecule has 0 saturated carbocycles. The van der Waals surface area contributed by atoms with Crippen molar-refractivity contribution >= 4 is 47.4 Å². The molecule has 2 unspecified atom stereocenters. The fourth-order valence-corrected chi connectivity index (χ4v) is 0.428. The van der Waals surface area contributed by atoms with Crippen molar-refractivity contribution in [3.05, 3.63) is 0 Å². The van der Waals surface area contributed by atoms with E-state index in [2.05, 4.69) is 0 Å². The van der Waals surface area contributed by atoms with Crippen LogP contribution in [-0.2, 0) is 9.59 Å². The quantitative estimate of drug-likeness (QED) is 0.484. The number of aliphatic carboxylic acids is 2. The standard InChI is InChI=1S/C4H4O4.2Li/c5-3(6)1-2-4(7)8;;/h1-2H,(H,5,6)(H,7,8);;. The van der Waals surface area contributed by atoms with E-state index < -0.39 is 21.1 Å². The molecule has 0 spiro atoms. The van der Waals surface area contributed by atoms with Crippen molar-refractivity contribution < 1.29 is 19.8 Å². The topological polar surface area (TPSA) is 74.6 Å². The predicted octanol–water partition coefficient (Wildman–Crippen LogP) is -0.930. The summed E-state index contributed by atoms with van der Waals surface area (Å²) in [6.07, 6.45) is 0. The molecule has 0 rings (SSSR count). The van der Waals surface area contributed by atoms with Gasteiger partial charge in [-0.15, -0.1) is 0 Å². The summed E-state index contributed by atoms with van der Waals surface area (Å²) in [5.74, 6) is -2.15. The Morgan fingerprint density at radius 2 is 1.20 bits per heavy atom. The molecule has 4 nitrogen and oxygen atoms in total. The van der Waals surface area contributed by atoms with E-state index in [1.165, 1.54) is 35.4 Å². The molecule has 6 heteroatoms. The second kappa shape index (κ2) is 4.11. The average molecular weight is 130 g/mol. The van der Waals surface area contributed by atoms with E-state index >= 15 is 0 Å². The van der Waals surface area contributed by atoms with Gasteiger partial charge >= 0.3 is 76.4 Å². The minimum absolute atomic E-state index is 0.822. The SMILES string of the molecule is [Li][CH](C(=O)O)[CH]([Li])C(=O)O. The Hall–Kier alpha value is 0.135. The van der Waals surface area contributed by atoms with Gasteiger partial charge in [0.05, 0.1) is 0 Å². The van der Waals surface area contributed by atoms with Gasteiger partial charge < -0.3 is 0 Å². The number of rotatable bonds is 3. The normalized spacial score (nSPS) is 16.0. The number of carbonyl (C=O) groups is 2.